The van der Waals surface area contributed by atoms with Gasteiger partial charge in [-0.2, -0.15) is 0 Å². The molecule has 9 heteroatoms. The third kappa shape index (κ3) is 35.4. The van der Waals surface area contributed by atoms with E-state index in [9.17, 15) is 19.0 Å². The van der Waals surface area contributed by atoms with E-state index in [0.29, 0.717) is 6.42 Å². The van der Waals surface area contributed by atoms with Crippen LogP contribution in [0.1, 0.15) is 156 Å². The van der Waals surface area contributed by atoms with E-state index < -0.39 is 26.5 Å². The van der Waals surface area contributed by atoms with Crippen molar-refractivity contribution in [1.82, 2.24) is 0 Å². The van der Waals surface area contributed by atoms with Crippen molar-refractivity contribution in [1.29, 1.82) is 0 Å². The van der Waals surface area contributed by atoms with E-state index in [0.717, 1.165) is 109 Å². The minimum absolute atomic E-state index is 0.00674. The lowest BCUT2D eigenvalue weighted by atomic mass is 10.1. The lowest BCUT2D eigenvalue weighted by Gasteiger charge is -2.19. The summed E-state index contributed by atoms with van der Waals surface area (Å²) in [7, 11) is -4.28. The molecule has 0 bridgehead atoms. The van der Waals surface area contributed by atoms with Crippen LogP contribution in [0.4, 0.5) is 0 Å². The Balaban J connectivity index is 4.17. The van der Waals surface area contributed by atoms with Crippen molar-refractivity contribution in [2.24, 2.45) is 0 Å². The minimum Gasteiger partial charge on any atom is -0.462 e. The Morgan fingerprint density at radius 3 is 1.59 bits per heavy atom. The number of unbranched alkanes of at least 4 members (excludes halogenated alkanes) is 12. The molecule has 0 spiro atoms. The normalized spacial score (nSPS) is 14.1. The third-order valence-electron chi connectivity index (χ3n) is 7.54. The number of phosphoric acid groups is 1. The zero-order valence-corrected chi connectivity index (χ0v) is 32.0. The SMILES string of the molecule is CC/C=C\C/C=C\C/C=C\C/C=C\CCCCCCCCC(=O)OC(COC(=O)CCCCCCC/C=C\CCC)COP(=O)(O)OCC. The van der Waals surface area contributed by atoms with Crippen molar-refractivity contribution in [3.63, 3.8) is 0 Å². The highest BCUT2D eigenvalue weighted by molar-refractivity contribution is 7.47. The quantitative estimate of drug-likeness (QED) is 0.0304. The number of hydrogen-bond acceptors (Lipinski definition) is 7. The summed E-state index contributed by atoms with van der Waals surface area (Å²) < 4.78 is 32.5. The number of carbonyl (C=O) groups excluding carboxylic acids is 2. The summed E-state index contributed by atoms with van der Waals surface area (Å²) in [5, 5.41) is 0. The van der Waals surface area contributed by atoms with E-state index in [2.05, 4.69) is 74.6 Å². The molecule has 0 fully saturated rings. The van der Waals surface area contributed by atoms with E-state index in [1.165, 1.54) is 6.42 Å². The van der Waals surface area contributed by atoms with E-state index in [-0.39, 0.29) is 32.0 Å². The summed E-state index contributed by atoms with van der Waals surface area (Å²) in [6, 6.07) is 0. The summed E-state index contributed by atoms with van der Waals surface area (Å²) in [5.74, 6) is -0.833. The predicted octanol–water partition coefficient (Wildman–Crippen LogP) is 11.6. The van der Waals surface area contributed by atoms with Crippen LogP contribution in [0.15, 0.2) is 60.8 Å². The molecular weight excluding hydrogens is 639 g/mol. The number of rotatable bonds is 34. The first-order valence-corrected chi connectivity index (χ1v) is 20.6. The van der Waals surface area contributed by atoms with Crippen molar-refractivity contribution in [2.75, 3.05) is 19.8 Å². The Bertz CT molecular complexity index is 985. The molecule has 0 aliphatic carbocycles. The van der Waals surface area contributed by atoms with Gasteiger partial charge in [0.15, 0.2) is 6.10 Å². The highest BCUT2D eigenvalue weighted by Gasteiger charge is 2.25. The van der Waals surface area contributed by atoms with Crippen LogP contribution >= 0.6 is 7.82 Å². The van der Waals surface area contributed by atoms with Gasteiger partial charge in [-0.25, -0.2) is 4.57 Å². The number of phosphoric ester groups is 1. The van der Waals surface area contributed by atoms with Crippen molar-refractivity contribution in [3.8, 4) is 0 Å². The Kier molecular flexibility index (Phi) is 33.9. The van der Waals surface area contributed by atoms with Gasteiger partial charge in [-0.1, -0.05) is 126 Å². The van der Waals surface area contributed by atoms with Crippen molar-refractivity contribution >= 4 is 19.8 Å². The van der Waals surface area contributed by atoms with Gasteiger partial charge < -0.3 is 14.4 Å². The van der Waals surface area contributed by atoms with Gasteiger partial charge in [0.1, 0.15) is 6.61 Å². The summed E-state index contributed by atoms with van der Waals surface area (Å²) in [6.07, 6.45) is 41.3. The lowest BCUT2D eigenvalue weighted by Crippen LogP contribution is -2.29. The number of allylic oxidation sites excluding steroid dienone is 10. The van der Waals surface area contributed by atoms with Gasteiger partial charge in [-0.15, -0.1) is 0 Å². The van der Waals surface area contributed by atoms with Crippen LogP contribution < -0.4 is 0 Å². The van der Waals surface area contributed by atoms with E-state index in [1.54, 1.807) is 6.92 Å². The minimum atomic E-state index is -4.28. The highest BCUT2D eigenvalue weighted by atomic mass is 31.2. The molecular formula is C40H69O8P. The molecule has 0 saturated heterocycles. The summed E-state index contributed by atoms with van der Waals surface area (Å²) in [4.78, 5) is 34.5. The molecule has 49 heavy (non-hydrogen) atoms. The third-order valence-corrected chi connectivity index (χ3v) is 8.60. The smallest absolute Gasteiger partial charge is 0.462 e. The maximum atomic E-state index is 12.5. The monoisotopic (exact) mass is 708 g/mol. The van der Waals surface area contributed by atoms with E-state index in [4.69, 9.17) is 18.5 Å². The zero-order valence-electron chi connectivity index (χ0n) is 31.1. The molecule has 0 aromatic heterocycles. The predicted molar refractivity (Wildman–Crippen MR) is 202 cm³/mol. The molecule has 0 aliphatic heterocycles. The molecule has 0 saturated carbocycles. The highest BCUT2D eigenvalue weighted by Crippen LogP contribution is 2.43. The summed E-state index contributed by atoms with van der Waals surface area (Å²) in [6.45, 7) is 5.24. The van der Waals surface area contributed by atoms with Gasteiger partial charge >= 0.3 is 19.8 Å². The van der Waals surface area contributed by atoms with Gasteiger partial charge in [0.05, 0.1) is 13.2 Å². The van der Waals surface area contributed by atoms with Gasteiger partial charge in [0, 0.05) is 12.8 Å². The number of esters is 2. The van der Waals surface area contributed by atoms with Gasteiger partial charge in [-0.3, -0.25) is 18.6 Å². The molecule has 2 unspecified atom stereocenters. The number of hydrogen-bond donors (Lipinski definition) is 1. The van der Waals surface area contributed by atoms with Crippen molar-refractivity contribution in [2.45, 2.75) is 162 Å². The molecule has 8 nitrogen and oxygen atoms in total. The molecule has 0 radical (unpaired) electrons. The topological polar surface area (TPSA) is 108 Å². The molecule has 0 aromatic rings. The number of carbonyl (C=O) groups is 2. The molecule has 0 aliphatic rings. The van der Waals surface area contributed by atoms with Crippen LogP contribution in [-0.2, 0) is 32.7 Å². The fourth-order valence-corrected chi connectivity index (χ4v) is 5.55. The van der Waals surface area contributed by atoms with E-state index in [1.807, 2.05) is 0 Å². The molecule has 2 atom stereocenters. The number of ether oxygens (including phenoxy) is 2. The fourth-order valence-electron chi connectivity index (χ4n) is 4.80. The molecule has 0 rings (SSSR count). The van der Waals surface area contributed by atoms with Crippen molar-refractivity contribution in [3.05, 3.63) is 60.8 Å². The first kappa shape index (κ1) is 46.8. The molecule has 282 valence electrons. The van der Waals surface area contributed by atoms with Crippen LogP contribution in [0, 0.1) is 0 Å². The van der Waals surface area contributed by atoms with Gasteiger partial charge in [0.25, 0.3) is 0 Å². The average molecular weight is 709 g/mol. The largest absolute Gasteiger partial charge is 0.472 e. The molecule has 0 aromatic carbocycles. The summed E-state index contributed by atoms with van der Waals surface area (Å²) >= 11 is 0. The van der Waals surface area contributed by atoms with Crippen LogP contribution in [0.2, 0.25) is 0 Å². The first-order chi connectivity index (χ1) is 23.8. The maximum absolute atomic E-state index is 12.5. The molecule has 1 N–H and O–H groups in total. The van der Waals surface area contributed by atoms with Crippen LogP contribution in [0.3, 0.4) is 0 Å². The Morgan fingerprint density at radius 2 is 1.04 bits per heavy atom. The molecule has 0 heterocycles. The second-order valence-electron chi connectivity index (χ2n) is 12.2. The van der Waals surface area contributed by atoms with Crippen LogP contribution in [-0.4, -0.2) is 42.8 Å². The van der Waals surface area contributed by atoms with E-state index >= 15 is 0 Å². The van der Waals surface area contributed by atoms with Crippen LogP contribution in [0.25, 0.3) is 0 Å². The average Bonchev–Trinajstić information content (AvgIpc) is 3.07. The zero-order chi connectivity index (χ0) is 36.1. The van der Waals surface area contributed by atoms with Gasteiger partial charge in [0.2, 0.25) is 0 Å². The lowest BCUT2D eigenvalue weighted by molar-refractivity contribution is -0.161. The van der Waals surface area contributed by atoms with Crippen LogP contribution in [0.5, 0.6) is 0 Å². The maximum Gasteiger partial charge on any atom is 0.472 e. The molecule has 0 amide bonds. The van der Waals surface area contributed by atoms with Gasteiger partial charge in [-0.05, 0) is 77.6 Å². The second-order valence-corrected chi connectivity index (χ2v) is 13.7. The second kappa shape index (κ2) is 35.6. The Morgan fingerprint density at radius 1 is 0.571 bits per heavy atom. The first-order valence-electron chi connectivity index (χ1n) is 19.1. The summed E-state index contributed by atoms with van der Waals surface area (Å²) in [5.41, 5.74) is 0. The van der Waals surface area contributed by atoms with Crippen molar-refractivity contribution < 1.29 is 37.6 Å². The Hall–Kier alpha value is -2.25. The fraction of sp³-hybridized carbons (Fsp3) is 0.700. The standard InChI is InChI=1S/C40H69O8P/c1-4-7-9-11-13-15-17-18-19-20-21-22-23-24-25-27-29-31-33-35-40(42)48-38(37-47-49(43,44)46-6-3)36-45-39(41)34-32-30-28-26-16-14-12-10-8-5-2/h7,9-10,12-13,15,18-19,21-22,38H,4-6,8,11,14,16-17,20,23-37H2,1-3H3,(H,43,44)/b9-7-,12-10-,15-13-,19-18-,22-21-. The Labute approximate surface area is 299 Å².